The molecule has 1 N–H and O–H groups in total. The predicted molar refractivity (Wildman–Crippen MR) is 101 cm³/mol. The Kier molecular flexibility index (Phi) is 9.85. The number of carboxylic acid groups (broad SMARTS) is 1. The molecule has 1 aromatic rings. The quantitative estimate of drug-likeness (QED) is 0.586. The van der Waals surface area contributed by atoms with E-state index in [1.165, 1.54) is 69.8 Å². The number of halogens is 1. The minimum Gasteiger partial charge on any atom is -0.545 e. The monoisotopic (exact) mass is 352 g/mol. The van der Waals surface area contributed by atoms with Crippen molar-refractivity contribution in [3.05, 3.63) is 29.3 Å². The van der Waals surface area contributed by atoms with Gasteiger partial charge in [-0.2, -0.15) is 0 Å². The summed E-state index contributed by atoms with van der Waals surface area (Å²) < 4.78 is 0. The molecule has 0 spiro atoms. The van der Waals surface area contributed by atoms with Crippen LogP contribution in [0.15, 0.2) is 18.2 Å². The molecule has 0 amide bonds. The van der Waals surface area contributed by atoms with E-state index in [1.807, 2.05) is 6.07 Å². The highest BCUT2D eigenvalue weighted by molar-refractivity contribution is 5.87. The lowest BCUT2D eigenvalue weighted by atomic mass is 10.0. The van der Waals surface area contributed by atoms with Crippen LogP contribution in [0.5, 0.6) is 0 Å². The van der Waals surface area contributed by atoms with Crippen molar-refractivity contribution in [1.82, 2.24) is 0 Å². The number of fused-ring (bicyclic) bond motifs is 1. The van der Waals surface area contributed by atoms with Crippen LogP contribution in [-0.2, 0) is 6.42 Å². The highest BCUT2D eigenvalue weighted by Crippen LogP contribution is 2.29. The molecular formula is C20H31ClNO2-. The first-order valence-electron chi connectivity index (χ1n) is 9.31. The minimum absolute atomic E-state index is 0. The molecule has 0 radical (unpaired) electrons. The van der Waals surface area contributed by atoms with Gasteiger partial charge in [0.15, 0.2) is 0 Å². The molecule has 1 atom stereocenters. The number of carbonyl (C=O) groups is 1. The number of nitrogens with one attached hydrogen (secondary N) is 1. The zero-order chi connectivity index (χ0) is 16.5. The van der Waals surface area contributed by atoms with E-state index in [4.69, 9.17) is 0 Å². The number of hydrogen-bond acceptors (Lipinski definition) is 3. The molecule has 0 saturated heterocycles. The zero-order valence-corrected chi connectivity index (χ0v) is 15.6. The number of carboxylic acids is 1. The lowest BCUT2D eigenvalue weighted by Gasteiger charge is -2.11. The summed E-state index contributed by atoms with van der Waals surface area (Å²) in [5.74, 6) is -1.10. The predicted octanol–water partition coefficient (Wildman–Crippen LogP) is 4.73. The maximum Gasteiger partial charge on any atom is 0.0716 e. The Morgan fingerprint density at radius 1 is 1.08 bits per heavy atom. The molecule has 24 heavy (non-hydrogen) atoms. The lowest BCUT2D eigenvalue weighted by Crippen LogP contribution is -2.22. The molecule has 2 rings (SSSR count). The fraction of sp³-hybridized carbons (Fsp3) is 0.650. The highest BCUT2D eigenvalue weighted by atomic mass is 35.5. The standard InChI is InChI=1S/C20H31NO2.ClH/c1-2-3-4-5-6-7-8-9-10-11-18-14-16-12-13-17(20(22)23)15-19(16)21-18;/h12-13,15,18,21H,2-11,14H2,1H3,(H,22,23);1H/p-1. The molecule has 3 nitrogen and oxygen atoms in total. The fourth-order valence-electron chi connectivity index (χ4n) is 3.43. The van der Waals surface area contributed by atoms with Crippen LogP contribution in [0.25, 0.3) is 0 Å². The summed E-state index contributed by atoms with van der Waals surface area (Å²) in [4.78, 5) is 10.9. The Labute approximate surface area is 152 Å². The lowest BCUT2D eigenvalue weighted by molar-refractivity contribution is -0.255. The van der Waals surface area contributed by atoms with E-state index in [2.05, 4.69) is 12.2 Å². The van der Waals surface area contributed by atoms with Gasteiger partial charge in [-0.25, -0.2) is 0 Å². The SMILES string of the molecule is CCCCCCCCCCCC1Cc2ccc(C(=O)[O-])cc2N1.Cl. The molecule has 1 aromatic carbocycles. The van der Waals surface area contributed by atoms with Crippen LogP contribution < -0.4 is 10.4 Å². The Balaban J connectivity index is 0.00000288. The van der Waals surface area contributed by atoms with Gasteiger partial charge in [-0.3, -0.25) is 0 Å². The summed E-state index contributed by atoms with van der Waals surface area (Å²) >= 11 is 0. The van der Waals surface area contributed by atoms with Crippen molar-refractivity contribution in [2.75, 3.05) is 5.32 Å². The van der Waals surface area contributed by atoms with E-state index >= 15 is 0 Å². The second-order valence-corrected chi connectivity index (χ2v) is 6.82. The summed E-state index contributed by atoms with van der Waals surface area (Å²) in [6.45, 7) is 2.26. The van der Waals surface area contributed by atoms with Crippen LogP contribution in [-0.4, -0.2) is 12.0 Å². The zero-order valence-electron chi connectivity index (χ0n) is 14.8. The van der Waals surface area contributed by atoms with Crippen LogP contribution in [0.3, 0.4) is 0 Å². The van der Waals surface area contributed by atoms with Crippen molar-refractivity contribution in [3.63, 3.8) is 0 Å². The van der Waals surface area contributed by atoms with Crippen LogP contribution in [0.4, 0.5) is 5.69 Å². The summed E-state index contributed by atoms with van der Waals surface area (Å²) in [7, 11) is 0. The third kappa shape index (κ3) is 6.72. The topological polar surface area (TPSA) is 52.2 Å². The van der Waals surface area contributed by atoms with Crippen molar-refractivity contribution in [2.24, 2.45) is 0 Å². The van der Waals surface area contributed by atoms with Crippen molar-refractivity contribution in [2.45, 2.75) is 83.6 Å². The second-order valence-electron chi connectivity index (χ2n) is 6.82. The van der Waals surface area contributed by atoms with Gasteiger partial charge < -0.3 is 15.2 Å². The van der Waals surface area contributed by atoms with Gasteiger partial charge in [0.25, 0.3) is 0 Å². The van der Waals surface area contributed by atoms with E-state index < -0.39 is 5.97 Å². The fourth-order valence-corrected chi connectivity index (χ4v) is 3.43. The second kappa shape index (κ2) is 11.4. The molecule has 1 unspecified atom stereocenters. The number of anilines is 1. The van der Waals surface area contributed by atoms with Crippen molar-refractivity contribution in [1.29, 1.82) is 0 Å². The number of hydrogen-bond donors (Lipinski definition) is 1. The van der Waals surface area contributed by atoms with E-state index in [0.717, 1.165) is 12.1 Å². The van der Waals surface area contributed by atoms with Crippen LogP contribution in [0.1, 0.15) is 87.1 Å². The molecule has 1 aliphatic rings. The van der Waals surface area contributed by atoms with Gasteiger partial charge in [0.1, 0.15) is 0 Å². The first-order valence-corrected chi connectivity index (χ1v) is 9.31. The average Bonchev–Trinajstić information content (AvgIpc) is 2.95. The smallest absolute Gasteiger partial charge is 0.0716 e. The Bertz CT molecular complexity index is 504. The van der Waals surface area contributed by atoms with Gasteiger partial charge in [-0.05, 0) is 30.0 Å². The van der Waals surface area contributed by atoms with E-state index in [-0.39, 0.29) is 18.0 Å². The molecule has 136 valence electrons. The Morgan fingerprint density at radius 3 is 2.33 bits per heavy atom. The van der Waals surface area contributed by atoms with Gasteiger partial charge in [0, 0.05) is 11.7 Å². The maximum absolute atomic E-state index is 10.9. The van der Waals surface area contributed by atoms with E-state index in [0.29, 0.717) is 6.04 Å². The molecule has 1 heterocycles. The van der Waals surface area contributed by atoms with Crippen molar-refractivity contribution >= 4 is 24.1 Å². The van der Waals surface area contributed by atoms with Crippen LogP contribution >= 0.6 is 12.4 Å². The van der Waals surface area contributed by atoms with Crippen LogP contribution in [0, 0.1) is 0 Å². The first-order chi connectivity index (χ1) is 11.2. The van der Waals surface area contributed by atoms with Gasteiger partial charge in [0.05, 0.1) is 5.97 Å². The molecule has 0 fully saturated rings. The number of aromatic carboxylic acids is 1. The van der Waals surface area contributed by atoms with Gasteiger partial charge in [-0.1, -0.05) is 76.8 Å². The Hall–Kier alpha value is -1.22. The van der Waals surface area contributed by atoms with Gasteiger partial charge in [0.2, 0.25) is 0 Å². The van der Waals surface area contributed by atoms with Crippen LogP contribution in [0.2, 0.25) is 0 Å². The van der Waals surface area contributed by atoms with Gasteiger partial charge in [-0.15, -0.1) is 12.4 Å². The van der Waals surface area contributed by atoms with Crippen molar-refractivity contribution in [3.8, 4) is 0 Å². The summed E-state index contributed by atoms with van der Waals surface area (Å²) in [5.41, 5.74) is 2.48. The summed E-state index contributed by atoms with van der Waals surface area (Å²) in [6, 6.07) is 5.74. The van der Waals surface area contributed by atoms with E-state index in [1.54, 1.807) is 12.1 Å². The normalized spacial score (nSPS) is 15.5. The summed E-state index contributed by atoms with van der Waals surface area (Å²) in [6.07, 6.45) is 14.4. The molecule has 0 aliphatic carbocycles. The number of unbranched alkanes of at least 4 members (excludes halogenated alkanes) is 8. The highest BCUT2D eigenvalue weighted by Gasteiger charge is 2.20. The molecule has 1 aliphatic heterocycles. The third-order valence-corrected chi connectivity index (χ3v) is 4.83. The number of benzene rings is 1. The Morgan fingerprint density at radius 2 is 1.71 bits per heavy atom. The van der Waals surface area contributed by atoms with E-state index in [9.17, 15) is 9.90 Å². The molecule has 4 heteroatoms. The third-order valence-electron chi connectivity index (χ3n) is 4.83. The minimum atomic E-state index is -1.10. The molecule has 0 bridgehead atoms. The summed E-state index contributed by atoms with van der Waals surface area (Å²) in [5, 5.41) is 14.4. The molecule has 0 saturated carbocycles. The van der Waals surface area contributed by atoms with Gasteiger partial charge >= 0.3 is 0 Å². The molecule has 0 aromatic heterocycles. The number of rotatable bonds is 11. The molecular weight excluding hydrogens is 322 g/mol. The maximum atomic E-state index is 10.9. The number of carbonyl (C=O) groups excluding carboxylic acids is 1. The first kappa shape index (κ1) is 20.8. The largest absolute Gasteiger partial charge is 0.545 e. The average molecular weight is 353 g/mol. The van der Waals surface area contributed by atoms with Crippen molar-refractivity contribution < 1.29 is 9.90 Å².